The van der Waals surface area contributed by atoms with Crippen LogP contribution >= 0.6 is 11.8 Å². The van der Waals surface area contributed by atoms with Crippen LogP contribution in [0.5, 0.6) is 0 Å². The second-order valence-corrected chi connectivity index (χ2v) is 7.72. The van der Waals surface area contributed by atoms with Gasteiger partial charge in [0.1, 0.15) is 11.4 Å². The van der Waals surface area contributed by atoms with Gasteiger partial charge in [-0.3, -0.25) is 9.89 Å². The number of nitrogens with one attached hydrogen (secondary N) is 2. The molecule has 2 N–H and O–H groups in total. The van der Waals surface area contributed by atoms with Gasteiger partial charge in [-0.15, -0.1) is 11.8 Å². The number of anilines is 1. The van der Waals surface area contributed by atoms with Crippen molar-refractivity contribution in [3.05, 3.63) is 102 Å². The van der Waals surface area contributed by atoms with Crippen molar-refractivity contribution >= 4 is 23.4 Å². The highest BCUT2D eigenvalue weighted by Gasteiger charge is 2.21. The number of aromatic nitrogens is 2. The summed E-state index contributed by atoms with van der Waals surface area (Å²) in [6.45, 7) is 2.02. The molecule has 1 amide bonds. The highest BCUT2D eigenvalue weighted by molar-refractivity contribution is 7.98. The molecule has 4 nitrogen and oxygen atoms in total. The maximum absolute atomic E-state index is 13.0. The molecule has 144 valence electrons. The van der Waals surface area contributed by atoms with Gasteiger partial charge in [0.25, 0.3) is 5.91 Å². The zero-order valence-corrected chi connectivity index (χ0v) is 16.9. The number of hydrogen-bond acceptors (Lipinski definition) is 3. The third kappa shape index (κ3) is 4.58. The zero-order chi connectivity index (χ0) is 20.1. The van der Waals surface area contributed by atoms with Crippen LogP contribution in [0, 0.1) is 6.92 Å². The average molecular weight is 400 g/mol. The lowest BCUT2D eigenvalue weighted by molar-refractivity contribution is 0.101. The molecule has 3 aromatic carbocycles. The van der Waals surface area contributed by atoms with E-state index in [4.69, 9.17) is 0 Å². The number of nitrogens with zero attached hydrogens (tertiary/aromatic N) is 1. The molecule has 0 aliphatic heterocycles. The molecule has 0 fully saturated rings. The number of rotatable bonds is 6. The largest absolute Gasteiger partial charge is 0.321 e. The van der Waals surface area contributed by atoms with Crippen molar-refractivity contribution in [2.75, 3.05) is 5.32 Å². The van der Waals surface area contributed by atoms with E-state index < -0.39 is 0 Å². The lowest BCUT2D eigenvalue weighted by Gasteiger charge is -2.08. The number of thioether (sulfide) groups is 1. The SMILES string of the molecule is Cc1ccc(NC(=O)c2[nH]nc(-c3ccccc3)c2SCc2ccccc2)cc1. The van der Waals surface area contributed by atoms with Crippen LogP contribution < -0.4 is 5.32 Å². The molecule has 4 aromatic rings. The first-order valence-corrected chi connectivity index (χ1v) is 10.4. The van der Waals surface area contributed by atoms with Gasteiger partial charge < -0.3 is 5.32 Å². The van der Waals surface area contributed by atoms with Crippen LogP contribution in [0.4, 0.5) is 5.69 Å². The normalized spacial score (nSPS) is 10.7. The number of hydrogen-bond donors (Lipinski definition) is 2. The molecule has 1 aromatic heterocycles. The van der Waals surface area contributed by atoms with Crippen LogP contribution in [0.25, 0.3) is 11.3 Å². The summed E-state index contributed by atoms with van der Waals surface area (Å²) >= 11 is 1.62. The number of carbonyl (C=O) groups is 1. The molecular weight excluding hydrogens is 378 g/mol. The molecule has 0 aliphatic carbocycles. The summed E-state index contributed by atoms with van der Waals surface area (Å²) in [5.74, 6) is 0.560. The van der Waals surface area contributed by atoms with Crippen molar-refractivity contribution < 1.29 is 4.79 Å². The van der Waals surface area contributed by atoms with E-state index >= 15 is 0 Å². The van der Waals surface area contributed by atoms with Crippen LogP contribution in [0.1, 0.15) is 21.6 Å². The predicted molar refractivity (Wildman–Crippen MR) is 119 cm³/mol. The summed E-state index contributed by atoms with van der Waals surface area (Å²) in [6, 6.07) is 27.9. The summed E-state index contributed by atoms with van der Waals surface area (Å²) < 4.78 is 0. The van der Waals surface area contributed by atoms with Gasteiger partial charge in [0, 0.05) is 17.0 Å². The number of benzene rings is 3. The molecular formula is C24H21N3OS. The molecule has 0 saturated heterocycles. The molecule has 4 rings (SSSR count). The molecule has 0 unspecified atom stereocenters. The Morgan fingerprint density at radius 2 is 1.59 bits per heavy atom. The van der Waals surface area contributed by atoms with Gasteiger partial charge in [-0.05, 0) is 24.6 Å². The highest BCUT2D eigenvalue weighted by Crippen LogP contribution is 2.34. The quantitative estimate of drug-likeness (QED) is 0.395. The summed E-state index contributed by atoms with van der Waals surface area (Å²) in [5.41, 5.74) is 5.35. The minimum Gasteiger partial charge on any atom is -0.321 e. The highest BCUT2D eigenvalue weighted by atomic mass is 32.2. The first-order chi connectivity index (χ1) is 14.2. The van der Waals surface area contributed by atoms with E-state index in [0.29, 0.717) is 5.69 Å². The Morgan fingerprint density at radius 1 is 0.931 bits per heavy atom. The van der Waals surface area contributed by atoms with E-state index in [2.05, 4.69) is 27.6 Å². The van der Waals surface area contributed by atoms with Gasteiger partial charge >= 0.3 is 0 Å². The van der Waals surface area contributed by atoms with Crippen LogP contribution in [-0.4, -0.2) is 16.1 Å². The van der Waals surface area contributed by atoms with E-state index in [1.54, 1.807) is 11.8 Å². The van der Waals surface area contributed by atoms with Gasteiger partial charge in [-0.25, -0.2) is 0 Å². The maximum Gasteiger partial charge on any atom is 0.274 e. The Kier molecular flexibility index (Phi) is 5.77. The third-order valence-corrected chi connectivity index (χ3v) is 5.70. The molecule has 0 atom stereocenters. The number of H-pyrrole nitrogens is 1. The van der Waals surface area contributed by atoms with Gasteiger partial charge in [0.05, 0.1) is 4.90 Å². The minimum absolute atomic E-state index is 0.195. The monoisotopic (exact) mass is 399 g/mol. The summed E-state index contributed by atoms with van der Waals surface area (Å²) in [7, 11) is 0. The second kappa shape index (κ2) is 8.80. The average Bonchev–Trinajstić information content (AvgIpc) is 3.19. The first-order valence-electron chi connectivity index (χ1n) is 9.39. The molecule has 0 spiro atoms. The number of aryl methyl sites for hydroxylation is 1. The standard InChI is InChI=1S/C24H21N3OS/c1-17-12-14-20(15-13-17)25-24(28)22-23(29-16-18-8-4-2-5-9-18)21(26-27-22)19-10-6-3-7-11-19/h2-15H,16H2,1H3,(H,25,28)(H,26,27). The molecule has 0 aliphatic rings. The first kappa shape index (κ1) is 19.0. The maximum atomic E-state index is 13.0. The topological polar surface area (TPSA) is 57.8 Å². The van der Waals surface area contributed by atoms with Crippen molar-refractivity contribution in [3.63, 3.8) is 0 Å². The fraction of sp³-hybridized carbons (Fsp3) is 0.0833. The molecule has 0 bridgehead atoms. The van der Waals surface area contributed by atoms with E-state index in [0.717, 1.165) is 33.2 Å². The number of carbonyl (C=O) groups excluding carboxylic acids is 1. The second-order valence-electron chi connectivity index (χ2n) is 6.74. The lowest BCUT2D eigenvalue weighted by atomic mass is 10.1. The molecule has 1 heterocycles. The van der Waals surface area contributed by atoms with Crippen LogP contribution in [0.3, 0.4) is 0 Å². The molecule has 0 saturated carbocycles. The van der Waals surface area contributed by atoms with Crippen molar-refractivity contribution in [1.29, 1.82) is 0 Å². The minimum atomic E-state index is -0.195. The Hall–Kier alpha value is -3.31. The number of amides is 1. The molecule has 29 heavy (non-hydrogen) atoms. The lowest BCUT2D eigenvalue weighted by Crippen LogP contribution is -2.13. The predicted octanol–water partition coefficient (Wildman–Crippen LogP) is 5.93. The molecule has 0 radical (unpaired) electrons. The van der Waals surface area contributed by atoms with Gasteiger partial charge in [0.15, 0.2) is 0 Å². The Bertz CT molecular complexity index is 1090. The fourth-order valence-corrected chi connectivity index (χ4v) is 4.06. The fourth-order valence-electron chi connectivity index (χ4n) is 2.98. The van der Waals surface area contributed by atoms with Crippen LogP contribution in [0.2, 0.25) is 0 Å². The van der Waals surface area contributed by atoms with E-state index in [9.17, 15) is 4.79 Å². The Morgan fingerprint density at radius 3 is 2.28 bits per heavy atom. The number of aromatic amines is 1. The van der Waals surface area contributed by atoms with Gasteiger partial charge in [-0.1, -0.05) is 78.4 Å². The summed E-state index contributed by atoms with van der Waals surface area (Å²) in [6.07, 6.45) is 0. The van der Waals surface area contributed by atoms with Crippen molar-refractivity contribution in [1.82, 2.24) is 10.2 Å². The Labute approximate surface area is 174 Å². The van der Waals surface area contributed by atoms with Gasteiger partial charge in [0.2, 0.25) is 0 Å². The van der Waals surface area contributed by atoms with Crippen molar-refractivity contribution in [2.45, 2.75) is 17.6 Å². The van der Waals surface area contributed by atoms with Crippen molar-refractivity contribution in [3.8, 4) is 11.3 Å². The smallest absolute Gasteiger partial charge is 0.274 e. The van der Waals surface area contributed by atoms with Crippen LogP contribution in [0.15, 0.2) is 89.8 Å². The van der Waals surface area contributed by atoms with Gasteiger partial charge in [-0.2, -0.15) is 5.10 Å². The van der Waals surface area contributed by atoms with E-state index in [1.807, 2.05) is 79.7 Å². The summed E-state index contributed by atoms with van der Waals surface area (Å²) in [5, 5.41) is 10.4. The van der Waals surface area contributed by atoms with Crippen molar-refractivity contribution in [2.24, 2.45) is 0 Å². The summed E-state index contributed by atoms with van der Waals surface area (Å²) in [4.78, 5) is 13.8. The molecule has 5 heteroatoms. The van der Waals surface area contributed by atoms with E-state index in [1.165, 1.54) is 5.56 Å². The zero-order valence-electron chi connectivity index (χ0n) is 16.1. The third-order valence-electron chi connectivity index (χ3n) is 4.53. The Balaban J connectivity index is 1.64. The van der Waals surface area contributed by atoms with Crippen LogP contribution in [-0.2, 0) is 5.75 Å². The van der Waals surface area contributed by atoms with E-state index in [-0.39, 0.29) is 5.91 Å².